The average Bonchev–Trinajstić information content (AvgIpc) is 2.49. The zero-order chi connectivity index (χ0) is 17.0. The number of non-ortho nitro benzene ring substituents is 2. The van der Waals surface area contributed by atoms with Gasteiger partial charge in [-0.1, -0.05) is 0 Å². The molecule has 9 heteroatoms. The molecule has 23 heavy (non-hydrogen) atoms. The number of rotatable bonds is 4. The first-order chi connectivity index (χ1) is 10.9. The summed E-state index contributed by atoms with van der Waals surface area (Å²) in [7, 11) is 0. The summed E-state index contributed by atoms with van der Waals surface area (Å²) in [5, 5.41) is 27.4. The zero-order valence-corrected chi connectivity index (χ0v) is 12.8. The second-order valence-corrected chi connectivity index (χ2v) is 5.05. The molecule has 2 aromatic carbocycles. The third kappa shape index (κ3) is 4.20. The summed E-state index contributed by atoms with van der Waals surface area (Å²) in [6, 6.07) is 10.2. The molecule has 2 N–H and O–H groups in total. The second kappa shape index (κ2) is 6.79. The first-order valence-electron chi connectivity index (χ1n) is 6.44. The fourth-order valence-electron chi connectivity index (χ4n) is 1.85. The van der Waals surface area contributed by atoms with Gasteiger partial charge in [-0.25, -0.2) is 0 Å². The van der Waals surface area contributed by atoms with E-state index in [0.29, 0.717) is 16.9 Å². The molecule has 118 valence electrons. The fourth-order valence-corrected chi connectivity index (χ4v) is 2.08. The molecule has 2 aromatic rings. The summed E-state index contributed by atoms with van der Waals surface area (Å²) in [4.78, 5) is 20.3. The molecule has 8 nitrogen and oxygen atoms in total. The fraction of sp³-hybridized carbons (Fsp3) is 0.0714. The van der Waals surface area contributed by atoms with Crippen molar-refractivity contribution in [3.63, 3.8) is 0 Å². The van der Waals surface area contributed by atoms with E-state index in [9.17, 15) is 20.2 Å². The van der Waals surface area contributed by atoms with Gasteiger partial charge >= 0.3 is 0 Å². The van der Waals surface area contributed by atoms with E-state index in [0.717, 1.165) is 0 Å². The van der Waals surface area contributed by atoms with Crippen LogP contribution < -0.4 is 10.6 Å². The number of hydrogen-bond acceptors (Lipinski definition) is 5. The van der Waals surface area contributed by atoms with Crippen LogP contribution >= 0.6 is 12.2 Å². The number of benzene rings is 2. The van der Waals surface area contributed by atoms with E-state index in [1.807, 2.05) is 0 Å². The van der Waals surface area contributed by atoms with E-state index in [4.69, 9.17) is 12.2 Å². The molecule has 0 fully saturated rings. The average molecular weight is 332 g/mol. The first-order valence-corrected chi connectivity index (χ1v) is 6.85. The van der Waals surface area contributed by atoms with Crippen molar-refractivity contribution in [2.45, 2.75) is 6.92 Å². The van der Waals surface area contributed by atoms with Gasteiger partial charge in [0.25, 0.3) is 11.4 Å². The number of nitro groups is 2. The Morgan fingerprint density at radius 3 is 2.04 bits per heavy atom. The Hall–Kier alpha value is -3.07. The Labute approximate surface area is 136 Å². The van der Waals surface area contributed by atoms with Gasteiger partial charge in [0.05, 0.1) is 9.85 Å². The first kappa shape index (κ1) is 16.3. The van der Waals surface area contributed by atoms with E-state index in [1.54, 1.807) is 13.0 Å². The summed E-state index contributed by atoms with van der Waals surface area (Å²) in [5.41, 5.74) is 1.89. The van der Waals surface area contributed by atoms with Gasteiger partial charge in [-0.2, -0.15) is 0 Å². The van der Waals surface area contributed by atoms with Crippen molar-refractivity contribution >= 4 is 40.1 Å². The lowest BCUT2D eigenvalue weighted by Crippen LogP contribution is -2.19. The molecule has 0 aliphatic rings. The molecule has 0 saturated carbocycles. The molecule has 0 heterocycles. The molecule has 0 aromatic heterocycles. The van der Waals surface area contributed by atoms with Crippen molar-refractivity contribution in [3.8, 4) is 0 Å². The maximum atomic E-state index is 10.7. The molecule has 0 bridgehead atoms. The van der Waals surface area contributed by atoms with Gasteiger partial charge in [0.1, 0.15) is 0 Å². The highest BCUT2D eigenvalue weighted by Gasteiger charge is 2.09. The van der Waals surface area contributed by atoms with Crippen LogP contribution in [0.25, 0.3) is 0 Å². The Morgan fingerprint density at radius 1 is 0.957 bits per heavy atom. The summed E-state index contributed by atoms with van der Waals surface area (Å²) in [5.74, 6) is 0. The number of anilines is 2. The van der Waals surface area contributed by atoms with Gasteiger partial charge in [0, 0.05) is 35.6 Å². The lowest BCUT2D eigenvalue weighted by molar-refractivity contribution is -0.385. The predicted octanol–water partition coefficient (Wildman–Crippen LogP) is 3.62. The standard InChI is InChI=1S/C14H12N4O4S/c1-9-8-12(18(21)22)6-7-13(9)16-14(23)15-10-2-4-11(5-3-10)17(19)20/h2-8H,1H3,(H2,15,16,23). The van der Waals surface area contributed by atoms with Crippen molar-refractivity contribution < 1.29 is 9.85 Å². The maximum Gasteiger partial charge on any atom is 0.269 e. The molecule has 0 atom stereocenters. The molecular formula is C14H12N4O4S. The molecule has 0 radical (unpaired) electrons. The molecule has 0 aliphatic heterocycles. The molecule has 0 unspecified atom stereocenters. The molecule has 0 spiro atoms. The van der Waals surface area contributed by atoms with Crippen LogP contribution in [0.1, 0.15) is 5.56 Å². The van der Waals surface area contributed by atoms with Crippen molar-refractivity contribution in [2.24, 2.45) is 0 Å². The highest BCUT2D eigenvalue weighted by atomic mass is 32.1. The SMILES string of the molecule is Cc1cc([N+](=O)[O-])ccc1NC(=S)Nc1ccc([N+](=O)[O-])cc1. The Balaban J connectivity index is 2.04. The van der Waals surface area contributed by atoms with Crippen LogP contribution in [0, 0.1) is 27.2 Å². The van der Waals surface area contributed by atoms with Crippen LogP contribution in [0.15, 0.2) is 42.5 Å². The van der Waals surface area contributed by atoms with E-state index in [2.05, 4.69) is 10.6 Å². The minimum atomic E-state index is -0.486. The summed E-state index contributed by atoms with van der Waals surface area (Å²) in [6.45, 7) is 1.73. The number of aryl methyl sites for hydroxylation is 1. The molecule has 0 amide bonds. The van der Waals surface area contributed by atoms with E-state index in [-0.39, 0.29) is 16.5 Å². The van der Waals surface area contributed by atoms with Gasteiger partial charge in [-0.15, -0.1) is 0 Å². The van der Waals surface area contributed by atoms with E-state index < -0.39 is 9.85 Å². The normalized spacial score (nSPS) is 9.96. The van der Waals surface area contributed by atoms with Crippen molar-refractivity contribution in [3.05, 3.63) is 68.3 Å². The van der Waals surface area contributed by atoms with Crippen LogP contribution in [0.5, 0.6) is 0 Å². The Morgan fingerprint density at radius 2 is 1.52 bits per heavy atom. The quantitative estimate of drug-likeness (QED) is 0.500. The van der Waals surface area contributed by atoms with Crippen LogP contribution in [-0.2, 0) is 0 Å². The number of nitro benzene ring substituents is 2. The highest BCUT2D eigenvalue weighted by Crippen LogP contribution is 2.22. The summed E-state index contributed by atoms with van der Waals surface area (Å²) in [6.07, 6.45) is 0. The van der Waals surface area contributed by atoms with Crippen molar-refractivity contribution in [1.29, 1.82) is 0 Å². The molecular weight excluding hydrogens is 320 g/mol. The third-order valence-corrected chi connectivity index (χ3v) is 3.21. The Kier molecular flexibility index (Phi) is 4.82. The van der Waals surface area contributed by atoms with Crippen LogP contribution in [0.3, 0.4) is 0 Å². The molecule has 0 aliphatic carbocycles. The smallest absolute Gasteiger partial charge is 0.269 e. The monoisotopic (exact) mass is 332 g/mol. The van der Waals surface area contributed by atoms with Crippen molar-refractivity contribution in [2.75, 3.05) is 10.6 Å². The van der Waals surface area contributed by atoms with Crippen LogP contribution in [0.2, 0.25) is 0 Å². The van der Waals surface area contributed by atoms with E-state index >= 15 is 0 Å². The second-order valence-electron chi connectivity index (χ2n) is 4.64. The van der Waals surface area contributed by atoms with Gasteiger partial charge in [-0.05, 0) is 42.9 Å². The molecule has 2 rings (SSSR count). The molecule has 0 saturated heterocycles. The third-order valence-electron chi connectivity index (χ3n) is 3.00. The van der Waals surface area contributed by atoms with Gasteiger partial charge < -0.3 is 10.6 Å². The minimum Gasteiger partial charge on any atom is -0.332 e. The lowest BCUT2D eigenvalue weighted by atomic mass is 10.2. The Bertz CT molecular complexity index is 777. The van der Waals surface area contributed by atoms with Crippen LogP contribution in [0.4, 0.5) is 22.7 Å². The number of hydrogen-bond donors (Lipinski definition) is 2. The highest BCUT2D eigenvalue weighted by molar-refractivity contribution is 7.80. The topological polar surface area (TPSA) is 110 Å². The van der Waals surface area contributed by atoms with Crippen molar-refractivity contribution in [1.82, 2.24) is 0 Å². The van der Waals surface area contributed by atoms with Gasteiger partial charge in [-0.3, -0.25) is 20.2 Å². The number of nitrogens with one attached hydrogen (secondary N) is 2. The summed E-state index contributed by atoms with van der Waals surface area (Å²) < 4.78 is 0. The number of thiocarbonyl (C=S) groups is 1. The number of nitrogens with zero attached hydrogens (tertiary/aromatic N) is 2. The maximum absolute atomic E-state index is 10.7. The van der Waals surface area contributed by atoms with Gasteiger partial charge in [0.15, 0.2) is 5.11 Å². The summed E-state index contributed by atoms with van der Waals surface area (Å²) >= 11 is 5.16. The zero-order valence-electron chi connectivity index (χ0n) is 12.0. The van der Waals surface area contributed by atoms with E-state index in [1.165, 1.54) is 36.4 Å². The van der Waals surface area contributed by atoms with Gasteiger partial charge in [0.2, 0.25) is 0 Å². The predicted molar refractivity (Wildman–Crippen MR) is 90.8 cm³/mol. The largest absolute Gasteiger partial charge is 0.332 e. The lowest BCUT2D eigenvalue weighted by Gasteiger charge is -2.12. The minimum absolute atomic E-state index is 0.00213. The van der Waals surface area contributed by atoms with Crippen LogP contribution in [-0.4, -0.2) is 15.0 Å².